The Morgan fingerprint density at radius 1 is 1.18 bits per heavy atom. The topological polar surface area (TPSA) is 62.4 Å². The summed E-state index contributed by atoms with van der Waals surface area (Å²) >= 11 is 0. The number of nitrogens with one attached hydrogen (secondary N) is 1. The van der Waals surface area contributed by atoms with Gasteiger partial charge in [0.05, 0.1) is 12.6 Å². The number of hydrogen-bond donors (Lipinski definition) is 1. The van der Waals surface area contributed by atoms with Crippen LogP contribution in [0.4, 0.5) is 19.0 Å². The highest BCUT2D eigenvalue weighted by molar-refractivity contribution is 6.00. The summed E-state index contributed by atoms with van der Waals surface area (Å²) in [4.78, 5) is 12.6. The van der Waals surface area contributed by atoms with Crippen molar-refractivity contribution in [1.29, 1.82) is 0 Å². The molecule has 142 valence electrons. The van der Waals surface area contributed by atoms with Crippen molar-refractivity contribution in [3.8, 4) is 5.75 Å². The zero-order chi connectivity index (χ0) is 19.5. The van der Waals surface area contributed by atoms with Gasteiger partial charge in [0.2, 0.25) is 5.82 Å². The Morgan fingerprint density at radius 3 is 2.61 bits per heavy atom. The highest BCUT2D eigenvalue weighted by Crippen LogP contribution is 2.37. The molecule has 0 saturated carbocycles. The Kier molecular flexibility index (Phi) is 3.57. The molecule has 1 N–H and O–H groups in total. The molecule has 0 spiro atoms. The first-order valence-corrected chi connectivity index (χ1v) is 8.58. The monoisotopic (exact) mass is 385 g/mol. The van der Waals surface area contributed by atoms with E-state index in [-0.39, 0.29) is 17.4 Å². The summed E-state index contributed by atoms with van der Waals surface area (Å²) in [6.07, 6.45) is 0. The average Bonchev–Trinajstić information content (AvgIpc) is 3.35. The third kappa shape index (κ3) is 2.66. The van der Waals surface area contributed by atoms with Crippen molar-refractivity contribution in [3.63, 3.8) is 0 Å². The van der Waals surface area contributed by atoms with E-state index < -0.39 is 23.1 Å². The van der Waals surface area contributed by atoms with Crippen molar-refractivity contribution < 1.29 is 17.9 Å². The molecule has 2 aliphatic heterocycles. The normalized spacial score (nSPS) is 21.8. The molecule has 3 heterocycles. The number of hydrazine groups is 1. The molecule has 2 atom stereocenters. The first-order chi connectivity index (χ1) is 13.5. The summed E-state index contributed by atoms with van der Waals surface area (Å²) in [7, 11) is 1.48. The summed E-state index contributed by atoms with van der Waals surface area (Å²) in [6.45, 7) is 0.842. The molecule has 2 aliphatic rings. The fourth-order valence-corrected chi connectivity index (χ4v) is 3.10. The van der Waals surface area contributed by atoms with Crippen LogP contribution in [0.15, 0.2) is 47.5 Å². The summed E-state index contributed by atoms with van der Waals surface area (Å²) in [5.41, 5.74) is 2.91. The summed E-state index contributed by atoms with van der Waals surface area (Å²) in [6, 6.07) is 9.15. The third-order valence-corrected chi connectivity index (χ3v) is 4.78. The summed E-state index contributed by atoms with van der Waals surface area (Å²) in [5.74, 6) is -3.49. The van der Waals surface area contributed by atoms with Crippen molar-refractivity contribution in [2.75, 3.05) is 13.7 Å². The van der Waals surface area contributed by atoms with Crippen molar-refractivity contribution >= 4 is 22.6 Å². The van der Waals surface area contributed by atoms with E-state index >= 15 is 8.78 Å². The fourth-order valence-electron chi connectivity index (χ4n) is 3.10. The van der Waals surface area contributed by atoms with E-state index in [1.807, 2.05) is 5.01 Å². The highest BCUT2D eigenvalue weighted by Gasteiger charge is 2.49. The molecular weight excluding hydrogens is 371 g/mol. The Morgan fingerprint density at radius 2 is 1.96 bits per heavy atom. The van der Waals surface area contributed by atoms with E-state index in [0.717, 1.165) is 30.8 Å². The lowest BCUT2D eigenvalue weighted by atomic mass is 10.1. The van der Waals surface area contributed by atoms with Crippen LogP contribution in [0.5, 0.6) is 5.75 Å². The Bertz CT molecular complexity index is 1120. The smallest absolute Gasteiger partial charge is 0.331 e. The first-order valence-electron chi connectivity index (χ1n) is 8.58. The number of benzene rings is 2. The molecular formula is C19H14F3N5O. The number of halogens is 3. The quantitative estimate of drug-likeness (QED) is 0.699. The maximum Gasteiger partial charge on any atom is 0.331 e. The number of amidine groups is 1. The SMILES string of the molecule is COc1ccc2c(N=C3NN4CC34)nc(C(F)(F)c3ccc(F)cc3)nc2c1. The number of hydrogen-bond acceptors (Lipinski definition) is 5. The largest absolute Gasteiger partial charge is 0.497 e. The Balaban J connectivity index is 1.67. The van der Waals surface area contributed by atoms with Crippen LogP contribution in [-0.2, 0) is 5.92 Å². The van der Waals surface area contributed by atoms with Gasteiger partial charge in [0.15, 0.2) is 5.82 Å². The lowest BCUT2D eigenvalue weighted by Gasteiger charge is -2.20. The fraction of sp³-hybridized carbons (Fsp3) is 0.211. The van der Waals surface area contributed by atoms with E-state index in [1.54, 1.807) is 18.2 Å². The molecule has 5 rings (SSSR count). The van der Waals surface area contributed by atoms with Crippen LogP contribution in [-0.4, -0.2) is 40.5 Å². The molecule has 2 fully saturated rings. The first kappa shape index (κ1) is 16.9. The molecule has 2 aromatic carbocycles. The Hall–Kier alpha value is -3.20. The third-order valence-electron chi connectivity index (χ3n) is 4.78. The van der Waals surface area contributed by atoms with Gasteiger partial charge in [-0.15, -0.1) is 0 Å². The van der Waals surface area contributed by atoms with E-state index in [9.17, 15) is 4.39 Å². The van der Waals surface area contributed by atoms with Gasteiger partial charge in [-0.2, -0.15) is 8.78 Å². The molecule has 0 aliphatic carbocycles. The van der Waals surface area contributed by atoms with Crippen LogP contribution in [0, 0.1) is 5.82 Å². The van der Waals surface area contributed by atoms with Crippen LogP contribution in [0.3, 0.4) is 0 Å². The number of aromatic nitrogens is 2. The van der Waals surface area contributed by atoms with Gasteiger partial charge in [0, 0.05) is 23.6 Å². The maximum atomic E-state index is 15.1. The van der Waals surface area contributed by atoms with Gasteiger partial charge >= 0.3 is 5.92 Å². The van der Waals surface area contributed by atoms with Gasteiger partial charge in [-0.25, -0.2) is 24.4 Å². The molecule has 6 nitrogen and oxygen atoms in total. The number of ether oxygens (including phenoxy) is 1. The predicted octanol–water partition coefficient (Wildman–Crippen LogP) is 3.15. The zero-order valence-corrected chi connectivity index (χ0v) is 14.7. The zero-order valence-electron chi connectivity index (χ0n) is 14.7. The van der Waals surface area contributed by atoms with Crippen molar-refractivity contribution in [2.24, 2.45) is 4.99 Å². The summed E-state index contributed by atoms with van der Waals surface area (Å²) < 4.78 is 48.5. The predicted molar refractivity (Wildman–Crippen MR) is 96.2 cm³/mol. The number of nitrogens with zero attached hydrogens (tertiary/aromatic N) is 4. The van der Waals surface area contributed by atoms with Crippen LogP contribution >= 0.6 is 0 Å². The maximum absolute atomic E-state index is 15.1. The molecule has 2 unspecified atom stereocenters. The molecule has 1 aromatic heterocycles. The van der Waals surface area contributed by atoms with Gasteiger partial charge < -0.3 is 10.2 Å². The molecule has 0 radical (unpaired) electrons. The second kappa shape index (κ2) is 5.90. The molecule has 9 heteroatoms. The van der Waals surface area contributed by atoms with E-state index in [1.165, 1.54) is 7.11 Å². The van der Waals surface area contributed by atoms with E-state index in [4.69, 9.17) is 4.74 Å². The van der Waals surface area contributed by atoms with Crippen molar-refractivity contribution in [1.82, 2.24) is 20.4 Å². The second-order valence-corrected chi connectivity index (χ2v) is 6.61. The number of methoxy groups -OCH3 is 1. The van der Waals surface area contributed by atoms with Crippen LogP contribution < -0.4 is 10.2 Å². The van der Waals surface area contributed by atoms with E-state index in [0.29, 0.717) is 17.0 Å². The van der Waals surface area contributed by atoms with Crippen LogP contribution in [0.2, 0.25) is 0 Å². The van der Waals surface area contributed by atoms with Gasteiger partial charge in [-0.3, -0.25) is 0 Å². The molecule has 0 amide bonds. The van der Waals surface area contributed by atoms with Crippen molar-refractivity contribution in [3.05, 3.63) is 59.7 Å². The minimum atomic E-state index is -3.52. The lowest BCUT2D eigenvalue weighted by molar-refractivity contribution is 0.0332. The van der Waals surface area contributed by atoms with E-state index in [2.05, 4.69) is 20.4 Å². The van der Waals surface area contributed by atoms with Crippen molar-refractivity contribution in [2.45, 2.75) is 12.0 Å². The lowest BCUT2D eigenvalue weighted by Crippen LogP contribution is -2.45. The second-order valence-electron chi connectivity index (χ2n) is 6.61. The Labute approximate surface area is 157 Å². The molecule has 28 heavy (non-hydrogen) atoms. The van der Waals surface area contributed by atoms with Gasteiger partial charge in [-0.05, 0) is 36.4 Å². The number of rotatable bonds is 4. The average molecular weight is 385 g/mol. The minimum absolute atomic E-state index is 0.151. The van der Waals surface area contributed by atoms with Gasteiger partial charge in [0.1, 0.15) is 23.4 Å². The van der Waals surface area contributed by atoms with Crippen LogP contribution in [0.25, 0.3) is 10.9 Å². The molecule has 2 saturated heterocycles. The number of fused-ring (bicyclic) bond motifs is 2. The highest BCUT2D eigenvalue weighted by atomic mass is 19.3. The molecule has 0 bridgehead atoms. The number of alkyl halides is 2. The summed E-state index contributed by atoms with van der Waals surface area (Å²) in [5, 5.41) is 2.49. The molecule has 3 aromatic rings. The minimum Gasteiger partial charge on any atom is -0.497 e. The van der Waals surface area contributed by atoms with Gasteiger partial charge in [-0.1, -0.05) is 0 Å². The van der Waals surface area contributed by atoms with Gasteiger partial charge in [0.25, 0.3) is 0 Å². The standard InChI is InChI=1S/C19H14F3N5O/c1-28-12-6-7-13-14(8-12)23-18(19(21,22)10-2-4-11(20)5-3-10)25-16(13)24-17-15-9-27(15)26-17/h2-8,15H,9H2,1H3,(H,23,24,25,26). The van der Waals surface area contributed by atoms with Crippen LogP contribution in [0.1, 0.15) is 11.4 Å². The number of aliphatic imine (C=N–C) groups is 1.